The van der Waals surface area contributed by atoms with Gasteiger partial charge in [-0.25, -0.2) is 0 Å². The molecule has 0 amide bonds. The van der Waals surface area contributed by atoms with Gasteiger partial charge in [0.1, 0.15) is 5.69 Å². The summed E-state index contributed by atoms with van der Waals surface area (Å²) in [4.78, 5) is 13.0. The monoisotopic (exact) mass is 278 g/mol. The van der Waals surface area contributed by atoms with Crippen LogP contribution in [0.3, 0.4) is 0 Å². The summed E-state index contributed by atoms with van der Waals surface area (Å²) in [6, 6.07) is 5.69. The molecule has 1 fully saturated rings. The van der Waals surface area contributed by atoms with Crippen molar-refractivity contribution in [3.8, 4) is 0 Å². The molecule has 20 heavy (non-hydrogen) atoms. The lowest BCUT2D eigenvalue weighted by Gasteiger charge is -2.28. The van der Waals surface area contributed by atoms with Crippen LogP contribution in [0.4, 0.5) is 11.4 Å². The number of nitrogen functional groups attached to an aromatic ring is 1. The molecule has 1 aromatic rings. The van der Waals surface area contributed by atoms with Crippen molar-refractivity contribution < 1.29 is 4.92 Å². The van der Waals surface area contributed by atoms with E-state index in [4.69, 9.17) is 5.84 Å². The third-order valence-electron chi connectivity index (χ3n) is 4.09. The minimum atomic E-state index is -0.398. The number of hydrogen-bond donors (Lipinski definition) is 2. The van der Waals surface area contributed by atoms with Gasteiger partial charge in [-0.05, 0) is 24.9 Å². The van der Waals surface area contributed by atoms with Gasteiger partial charge in [-0.1, -0.05) is 31.9 Å². The molecular formula is C14H22N4O2. The van der Waals surface area contributed by atoms with E-state index in [1.165, 1.54) is 31.7 Å². The Hall–Kier alpha value is -1.66. The van der Waals surface area contributed by atoms with Crippen LogP contribution in [0.2, 0.25) is 0 Å². The summed E-state index contributed by atoms with van der Waals surface area (Å²) in [5.41, 5.74) is 3.84. The Bertz CT molecular complexity index is 472. The molecule has 1 aliphatic carbocycles. The second-order valence-electron chi connectivity index (χ2n) is 5.21. The smallest absolute Gasteiger partial charge is 0.293 e. The van der Waals surface area contributed by atoms with E-state index in [1.54, 1.807) is 6.07 Å². The summed E-state index contributed by atoms with van der Waals surface area (Å²) in [5.74, 6) is 5.49. The Morgan fingerprint density at radius 2 is 2.15 bits per heavy atom. The van der Waals surface area contributed by atoms with Crippen LogP contribution in [0.15, 0.2) is 18.2 Å². The third-order valence-corrected chi connectivity index (χ3v) is 4.09. The molecule has 0 radical (unpaired) electrons. The lowest BCUT2D eigenvalue weighted by atomic mass is 10.1. The first-order valence-corrected chi connectivity index (χ1v) is 7.14. The number of rotatable bonds is 6. The van der Waals surface area contributed by atoms with E-state index in [0.717, 1.165) is 12.1 Å². The highest BCUT2D eigenvalue weighted by Crippen LogP contribution is 2.30. The van der Waals surface area contributed by atoms with Gasteiger partial charge >= 0.3 is 0 Å². The average Bonchev–Trinajstić information content (AvgIpc) is 2.98. The second-order valence-corrected chi connectivity index (χ2v) is 5.21. The number of nitrogens with two attached hydrogens (primary N) is 1. The van der Waals surface area contributed by atoms with Crippen molar-refractivity contribution in [3.63, 3.8) is 0 Å². The van der Waals surface area contributed by atoms with Crippen LogP contribution in [-0.2, 0) is 6.54 Å². The molecule has 0 heterocycles. The molecule has 1 saturated carbocycles. The molecule has 1 aliphatic rings. The lowest BCUT2D eigenvalue weighted by Crippen LogP contribution is -2.33. The number of hydrogen-bond acceptors (Lipinski definition) is 5. The molecule has 110 valence electrons. The van der Waals surface area contributed by atoms with Crippen LogP contribution in [0, 0.1) is 10.1 Å². The largest absolute Gasteiger partial charge is 0.318 e. The van der Waals surface area contributed by atoms with Crippen molar-refractivity contribution in [2.75, 3.05) is 12.0 Å². The molecule has 1 aromatic carbocycles. The Kier molecular flexibility index (Phi) is 4.92. The summed E-state index contributed by atoms with van der Waals surface area (Å²) in [7, 11) is 0. The third kappa shape index (κ3) is 3.08. The molecule has 3 N–H and O–H groups in total. The van der Waals surface area contributed by atoms with Crippen LogP contribution in [0.5, 0.6) is 0 Å². The fourth-order valence-corrected chi connectivity index (χ4v) is 3.02. The van der Waals surface area contributed by atoms with Crippen molar-refractivity contribution in [2.45, 2.75) is 45.2 Å². The summed E-state index contributed by atoms with van der Waals surface area (Å²) in [6.07, 6.45) is 4.98. The van der Waals surface area contributed by atoms with E-state index in [1.807, 2.05) is 6.07 Å². The van der Waals surface area contributed by atoms with Crippen molar-refractivity contribution in [2.24, 2.45) is 5.84 Å². The summed E-state index contributed by atoms with van der Waals surface area (Å²) >= 11 is 0. The van der Waals surface area contributed by atoms with Gasteiger partial charge < -0.3 is 5.43 Å². The minimum absolute atomic E-state index is 0.0347. The molecule has 0 aromatic heterocycles. The lowest BCUT2D eigenvalue weighted by molar-refractivity contribution is -0.384. The van der Waals surface area contributed by atoms with Gasteiger partial charge in [-0.15, -0.1) is 0 Å². The van der Waals surface area contributed by atoms with E-state index in [9.17, 15) is 10.1 Å². The molecule has 6 nitrogen and oxygen atoms in total. The first-order valence-electron chi connectivity index (χ1n) is 7.14. The molecular weight excluding hydrogens is 256 g/mol. The Balaban J connectivity index is 2.23. The second kappa shape index (κ2) is 6.67. The van der Waals surface area contributed by atoms with E-state index in [-0.39, 0.29) is 5.69 Å². The van der Waals surface area contributed by atoms with E-state index in [0.29, 0.717) is 18.3 Å². The number of para-hydroxylation sites is 1. The first kappa shape index (κ1) is 14.7. The summed E-state index contributed by atoms with van der Waals surface area (Å²) < 4.78 is 0. The van der Waals surface area contributed by atoms with Crippen LogP contribution in [0.1, 0.15) is 38.2 Å². The highest BCUT2D eigenvalue weighted by molar-refractivity contribution is 5.65. The number of nitro groups is 1. The maximum absolute atomic E-state index is 11.0. The topological polar surface area (TPSA) is 84.4 Å². The zero-order valence-corrected chi connectivity index (χ0v) is 11.8. The van der Waals surface area contributed by atoms with Crippen LogP contribution < -0.4 is 11.3 Å². The summed E-state index contributed by atoms with van der Waals surface area (Å²) in [6.45, 7) is 3.77. The zero-order valence-electron chi connectivity index (χ0n) is 11.8. The summed E-state index contributed by atoms with van der Waals surface area (Å²) in [5, 5.41) is 11.0. The van der Waals surface area contributed by atoms with E-state index >= 15 is 0 Å². The number of hydrazine groups is 1. The normalized spacial score (nSPS) is 15.8. The van der Waals surface area contributed by atoms with Crippen molar-refractivity contribution in [3.05, 3.63) is 33.9 Å². The van der Waals surface area contributed by atoms with Gasteiger partial charge in [-0.3, -0.25) is 20.9 Å². The number of anilines is 1. The molecule has 2 rings (SSSR count). The standard InChI is InChI=1S/C14H22N4O2/c1-2-17(12-7-3-4-8-12)10-11-6-5-9-13(18(19)20)14(11)16-15/h5-6,9,12,16H,2-4,7-8,10,15H2,1H3. The van der Waals surface area contributed by atoms with E-state index < -0.39 is 4.92 Å². The van der Waals surface area contributed by atoms with Gasteiger partial charge in [0.25, 0.3) is 5.69 Å². The van der Waals surface area contributed by atoms with Crippen molar-refractivity contribution in [1.29, 1.82) is 0 Å². The SMILES string of the molecule is CCN(Cc1cccc([N+](=O)[O-])c1NN)C1CCCC1. The van der Waals surface area contributed by atoms with Gasteiger partial charge in [0.15, 0.2) is 0 Å². The first-order chi connectivity index (χ1) is 9.67. The van der Waals surface area contributed by atoms with Gasteiger partial charge in [-0.2, -0.15) is 0 Å². The van der Waals surface area contributed by atoms with Gasteiger partial charge in [0.05, 0.1) is 4.92 Å². The molecule has 0 saturated heterocycles. The highest BCUT2D eigenvalue weighted by atomic mass is 16.6. The zero-order chi connectivity index (χ0) is 14.5. The number of nitrogens with zero attached hydrogens (tertiary/aromatic N) is 2. The predicted molar refractivity (Wildman–Crippen MR) is 79.2 cm³/mol. The van der Waals surface area contributed by atoms with Gasteiger partial charge in [0.2, 0.25) is 0 Å². The maximum Gasteiger partial charge on any atom is 0.293 e. The number of benzene rings is 1. The van der Waals surface area contributed by atoms with Crippen LogP contribution >= 0.6 is 0 Å². The maximum atomic E-state index is 11.0. The van der Waals surface area contributed by atoms with Crippen molar-refractivity contribution in [1.82, 2.24) is 4.90 Å². The van der Waals surface area contributed by atoms with E-state index in [2.05, 4.69) is 17.2 Å². The Labute approximate surface area is 119 Å². The molecule has 0 bridgehead atoms. The average molecular weight is 278 g/mol. The fourth-order valence-electron chi connectivity index (χ4n) is 3.02. The molecule has 0 spiro atoms. The molecule has 0 atom stereocenters. The van der Waals surface area contributed by atoms with Gasteiger partial charge in [0, 0.05) is 18.7 Å². The fraction of sp³-hybridized carbons (Fsp3) is 0.571. The van der Waals surface area contributed by atoms with Crippen LogP contribution in [0.25, 0.3) is 0 Å². The number of nitro benzene ring substituents is 1. The van der Waals surface area contributed by atoms with Crippen molar-refractivity contribution >= 4 is 11.4 Å². The quantitative estimate of drug-likeness (QED) is 0.475. The Morgan fingerprint density at radius 1 is 1.45 bits per heavy atom. The molecule has 6 heteroatoms. The molecule has 0 aliphatic heterocycles. The minimum Gasteiger partial charge on any atom is -0.318 e. The number of nitrogens with one attached hydrogen (secondary N) is 1. The Morgan fingerprint density at radius 3 is 2.70 bits per heavy atom. The highest BCUT2D eigenvalue weighted by Gasteiger charge is 2.24. The van der Waals surface area contributed by atoms with Crippen LogP contribution in [-0.4, -0.2) is 22.4 Å². The molecule has 0 unspecified atom stereocenters. The predicted octanol–water partition coefficient (Wildman–Crippen LogP) is 2.64.